The number of fused-ring (bicyclic) bond motifs is 1. The number of rotatable bonds is 6. The number of benzene rings is 3. The van der Waals surface area contributed by atoms with Gasteiger partial charge in [-0.1, -0.05) is 63.6 Å². The lowest BCUT2D eigenvalue weighted by atomic mass is 9.85. The molecular weight excluding hydrogens is 467 g/mol. The van der Waals surface area contributed by atoms with Crippen LogP contribution in [0.4, 0.5) is 10.1 Å². The van der Waals surface area contributed by atoms with E-state index in [4.69, 9.17) is 4.74 Å². The van der Waals surface area contributed by atoms with E-state index < -0.39 is 17.6 Å². The van der Waals surface area contributed by atoms with E-state index in [1.807, 2.05) is 88.0 Å². The van der Waals surface area contributed by atoms with Gasteiger partial charge >= 0.3 is 0 Å². The molecule has 0 spiro atoms. The van der Waals surface area contributed by atoms with Crippen molar-refractivity contribution in [2.75, 3.05) is 11.9 Å². The quantitative estimate of drug-likeness (QED) is 0.421. The summed E-state index contributed by atoms with van der Waals surface area (Å²) in [7, 11) is 0. The van der Waals surface area contributed by atoms with Crippen molar-refractivity contribution in [1.29, 1.82) is 0 Å². The fraction of sp³-hybridized carbons (Fsp3) is 0.355. The number of aryl methyl sites for hydroxylation is 1. The number of hydrogen-bond donors (Lipinski definition) is 1. The second-order valence-electron chi connectivity index (χ2n) is 10.7. The Hall–Kier alpha value is -3.67. The Morgan fingerprint density at radius 1 is 1.08 bits per heavy atom. The highest BCUT2D eigenvalue weighted by molar-refractivity contribution is 5.94. The van der Waals surface area contributed by atoms with Gasteiger partial charge in [-0.15, -0.1) is 0 Å². The van der Waals surface area contributed by atoms with Gasteiger partial charge in [0.2, 0.25) is 5.91 Å². The van der Waals surface area contributed by atoms with Crippen LogP contribution in [0.5, 0.6) is 5.75 Å². The lowest BCUT2D eigenvalue weighted by Crippen LogP contribution is -2.45. The third-order valence-electron chi connectivity index (χ3n) is 6.67. The van der Waals surface area contributed by atoms with Crippen molar-refractivity contribution in [3.05, 3.63) is 94.8 Å². The molecule has 3 aromatic carbocycles. The van der Waals surface area contributed by atoms with Crippen LogP contribution in [-0.2, 0) is 16.0 Å². The SMILES string of the molecule is CC[C@H](Oc1ccc2c(c1)[C@H](c1cccc(F)c1)N(C(=O)C(C)(C)C)CC2)C(=O)Nc1ccc(C)cc1. The second-order valence-corrected chi connectivity index (χ2v) is 10.7. The lowest BCUT2D eigenvalue weighted by molar-refractivity contribution is -0.141. The van der Waals surface area contributed by atoms with Crippen molar-refractivity contribution in [2.24, 2.45) is 5.41 Å². The molecule has 2 amide bonds. The number of amides is 2. The predicted octanol–water partition coefficient (Wildman–Crippen LogP) is 6.45. The van der Waals surface area contributed by atoms with Crippen LogP contribution in [0, 0.1) is 18.2 Å². The zero-order valence-electron chi connectivity index (χ0n) is 22.2. The Balaban J connectivity index is 1.65. The molecule has 6 heteroatoms. The predicted molar refractivity (Wildman–Crippen MR) is 144 cm³/mol. The first-order chi connectivity index (χ1) is 17.6. The molecule has 1 N–H and O–H groups in total. The molecule has 0 aliphatic carbocycles. The van der Waals surface area contributed by atoms with Gasteiger partial charge in [-0.05, 0) is 72.9 Å². The number of nitrogens with one attached hydrogen (secondary N) is 1. The molecule has 0 saturated carbocycles. The molecule has 5 nitrogen and oxygen atoms in total. The molecule has 0 aromatic heterocycles. The van der Waals surface area contributed by atoms with Gasteiger partial charge in [0, 0.05) is 17.6 Å². The Bertz CT molecular complexity index is 1280. The standard InChI is InChI=1S/C31H35FN2O3/c1-6-27(29(35)33-24-13-10-20(2)11-14-24)37-25-15-12-21-16-17-34(30(36)31(3,4)5)28(26(21)19-25)22-8-7-9-23(32)18-22/h7-15,18-19,27-28H,6,16-17H2,1-5H3,(H,33,35)/t27-,28-/m0/s1. The summed E-state index contributed by atoms with van der Waals surface area (Å²) in [5, 5.41) is 2.92. The minimum absolute atomic E-state index is 0.00245. The van der Waals surface area contributed by atoms with E-state index in [1.165, 1.54) is 12.1 Å². The Morgan fingerprint density at radius 3 is 2.46 bits per heavy atom. The third kappa shape index (κ3) is 6.01. The molecule has 2 atom stereocenters. The summed E-state index contributed by atoms with van der Waals surface area (Å²) in [4.78, 5) is 28.2. The molecule has 0 radical (unpaired) electrons. The molecule has 0 fully saturated rings. The summed E-state index contributed by atoms with van der Waals surface area (Å²) >= 11 is 0. The molecule has 0 saturated heterocycles. The third-order valence-corrected chi connectivity index (χ3v) is 6.67. The Labute approximate surface area is 218 Å². The van der Waals surface area contributed by atoms with Crippen LogP contribution >= 0.6 is 0 Å². The van der Waals surface area contributed by atoms with Gasteiger partial charge in [0.15, 0.2) is 6.10 Å². The van der Waals surface area contributed by atoms with Gasteiger partial charge in [-0.3, -0.25) is 9.59 Å². The first kappa shape index (κ1) is 26.4. The molecule has 0 unspecified atom stereocenters. The zero-order chi connectivity index (χ0) is 26.7. The summed E-state index contributed by atoms with van der Waals surface area (Å²) in [5.41, 5.74) is 3.92. The maximum atomic E-state index is 14.3. The molecule has 1 aliphatic rings. The van der Waals surface area contributed by atoms with Crippen molar-refractivity contribution in [3.63, 3.8) is 0 Å². The van der Waals surface area contributed by atoms with Crippen LogP contribution in [0.25, 0.3) is 0 Å². The summed E-state index contributed by atoms with van der Waals surface area (Å²) < 4.78 is 20.4. The van der Waals surface area contributed by atoms with Gasteiger partial charge in [0.05, 0.1) is 6.04 Å². The average Bonchev–Trinajstić information content (AvgIpc) is 2.86. The van der Waals surface area contributed by atoms with E-state index in [9.17, 15) is 14.0 Å². The molecule has 3 aromatic rings. The fourth-order valence-electron chi connectivity index (χ4n) is 4.70. The maximum Gasteiger partial charge on any atom is 0.265 e. The number of nitrogens with zero attached hydrogens (tertiary/aromatic N) is 1. The Kier molecular flexibility index (Phi) is 7.67. The second kappa shape index (κ2) is 10.8. The number of anilines is 1. The molecule has 0 bridgehead atoms. The number of halogens is 1. The van der Waals surface area contributed by atoms with Crippen molar-refractivity contribution >= 4 is 17.5 Å². The number of carbonyl (C=O) groups is 2. The normalized spacial score (nSPS) is 16.1. The number of hydrogen-bond acceptors (Lipinski definition) is 3. The number of ether oxygens (including phenoxy) is 1. The van der Waals surface area contributed by atoms with Gasteiger partial charge < -0.3 is 15.0 Å². The van der Waals surface area contributed by atoms with E-state index in [-0.39, 0.29) is 17.6 Å². The molecular formula is C31H35FN2O3. The maximum absolute atomic E-state index is 14.3. The first-order valence-corrected chi connectivity index (χ1v) is 12.8. The van der Waals surface area contributed by atoms with Crippen molar-refractivity contribution in [1.82, 2.24) is 4.90 Å². The molecule has 194 valence electrons. The van der Waals surface area contributed by atoms with Gasteiger partial charge in [-0.25, -0.2) is 4.39 Å². The topological polar surface area (TPSA) is 58.6 Å². The van der Waals surface area contributed by atoms with Crippen LogP contribution in [0.3, 0.4) is 0 Å². The highest BCUT2D eigenvalue weighted by Crippen LogP contribution is 2.39. The van der Waals surface area contributed by atoms with Gasteiger partial charge in [0.1, 0.15) is 11.6 Å². The monoisotopic (exact) mass is 502 g/mol. The van der Waals surface area contributed by atoms with E-state index in [0.717, 1.165) is 16.7 Å². The first-order valence-electron chi connectivity index (χ1n) is 12.8. The van der Waals surface area contributed by atoms with Crippen LogP contribution in [0.2, 0.25) is 0 Å². The van der Waals surface area contributed by atoms with Crippen LogP contribution < -0.4 is 10.1 Å². The van der Waals surface area contributed by atoms with E-state index >= 15 is 0 Å². The van der Waals surface area contributed by atoms with Gasteiger partial charge in [0.25, 0.3) is 5.91 Å². The van der Waals surface area contributed by atoms with Crippen LogP contribution in [-0.4, -0.2) is 29.4 Å². The molecule has 1 heterocycles. The van der Waals surface area contributed by atoms with Crippen LogP contribution in [0.15, 0.2) is 66.7 Å². The molecule has 37 heavy (non-hydrogen) atoms. The van der Waals surface area contributed by atoms with Crippen LogP contribution in [0.1, 0.15) is 62.4 Å². The highest BCUT2D eigenvalue weighted by atomic mass is 19.1. The lowest BCUT2D eigenvalue weighted by Gasteiger charge is -2.41. The minimum atomic E-state index is -0.692. The largest absolute Gasteiger partial charge is 0.481 e. The summed E-state index contributed by atoms with van der Waals surface area (Å²) in [5.74, 6) is -0.0342. The fourth-order valence-corrected chi connectivity index (χ4v) is 4.70. The zero-order valence-corrected chi connectivity index (χ0v) is 22.2. The molecule has 1 aliphatic heterocycles. The van der Waals surface area contributed by atoms with Crippen molar-refractivity contribution in [2.45, 2.75) is 59.6 Å². The van der Waals surface area contributed by atoms with Crippen molar-refractivity contribution in [3.8, 4) is 5.75 Å². The summed E-state index contributed by atoms with van der Waals surface area (Å²) in [6, 6.07) is 19.3. The summed E-state index contributed by atoms with van der Waals surface area (Å²) in [6.45, 7) is 10.1. The van der Waals surface area contributed by atoms with E-state index in [1.54, 1.807) is 6.07 Å². The highest BCUT2D eigenvalue weighted by Gasteiger charge is 2.37. The minimum Gasteiger partial charge on any atom is -0.481 e. The Morgan fingerprint density at radius 2 is 1.81 bits per heavy atom. The average molecular weight is 503 g/mol. The van der Waals surface area contributed by atoms with Gasteiger partial charge in [-0.2, -0.15) is 0 Å². The molecule has 4 rings (SSSR count). The smallest absolute Gasteiger partial charge is 0.265 e. The summed E-state index contributed by atoms with van der Waals surface area (Å²) in [6.07, 6.45) is 0.480. The van der Waals surface area contributed by atoms with E-state index in [0.29, 0.717) is 36.4 Å². The number of carbonyl (C=O) groups excluding carboxylic acids is 2. The van der Waals surface area contributed by atoms with E-state index in [2.05, 4.69) is 5.32 Å². The van der Waals surface area contributed by atoms with Crippen molar-refractivity contribution < 1.29 is 18.7 Å².